The van der Waals surface area contributed by atoms with E-state index in [-0.39, 0.29) is 4.90 Å². The second-order valence-corrected chi connectivity index (χ2v) is 5.03. The molecule has 5 nitrogen and oxygen atoms in total. The van der Waals surface area contributed by atoms with Gasteiger partial charge >= 0.3 is 0 Å². The van der Waals surface area contributed by atoms with Gasteiger partial charge in [-0.25, -0.2) is 12.7 Å². The number of benzene rings is 1. The average Bonchev–Trinajstić information content (AvgIpc) is 2.31. The number of nitrogens with two attached hydrogens (primary N) is 1. The summed E-state index contributed by atoms with van der Waals surface area (Å²) in [6, 6.07) is 5.68. The lowest BCUT2D eigenvalue weighted by Gasteiger charge is -2.15. The lowest BCUT2D eigenvalue weighted by atomic mass is 10.3. The molecule has 0 fully saturated rings. The molecular weight excluding hydrogens is 240 g/mol. The predicted molar refractivity (Wildman–Crippen MR) is 67.8 cm³/mol. The van der Waals surface area contributed by atoms with E-state index in [2.05, 4.69) is 0 Å². The fraction of sp³-hybridized carbons (Fsp3) is 0.364. The first-order valence-corrected chi connectivity index (χ1v) is 6.65. The Bertz CT molecular complexity index is 466. The number of nitrogens with zero attached hydrogens (tertiary/aromatic N) is 1. The zero-order chi connectivity index (χ0) is 13.6. The van der Waals surface area contributed by atoms with Gasteiger partial charge < -0.3 is 5.73 Å². The van der Waals surface area contributed by atoms with Crippen LogP contribution in [0.1, 0.15) is 20.8 Å². The number of nitrogen functional groups attached to an aromatic ring is 1. The molecular formula is C11H18N2O3S. The predicted octanol–water partition coefficient (Wildman–Crippen LogP) is 1.46. The lowest BCUT2D eigenvalue weighted by Crippen LogP contribution is -2.31. The second kappa shape index (κ2) is 6.24. The van der Waals surface area contributed by atoms with Crippen molar-refractivity contribution in [3.8, 4) is 0 Å². The van der Waals surface area contributed by atoms with E-state index >= 15 is 0 Å². The Balaban J connectivity index is 0.00000121. The van der Waals surface area contributed by atoms with Gasteiger partial charge in [-0.05, 0) is 24.3 Å². The van der Waals surface area contributed by atoms with Gasteiger partial charge in [0.1, 0.15) is 0 Å². The summed E-state index contributed by atoms with van der Waals surface area (Å²) in [5, 5.41) is 0. The highest BCUT2D eigenvalue weighted by atomic mass is 32.2. The van der Waals surface area contributed by atoms with Gasteiger partial charge in [0, 0.05) is 19.7 Å². The van der Waals surface area contributed by atoms with E-state index in [1.54, 1.807) is 0 Å². The van der Waals surface area contributed by atoms with Gasteiger partial charge in [-0.15, -0.1) is 0 Å². The molecule has 0 spiro atoms. The van der Waals surface area contributed by atoms with Crippen molar-refractivity contribution < 1.29 is 13.2 Å². The van der Waals surface area contributed by atoms with Crippen molar-refractivity contribution in [2.24, 2.45) is 0 Å². The third-order valence-corrected chi connectivity index (χ3v) is 3.83. The molecule has 0 heterocycles. The molecule has 0 saturated heterocycles. The fourth-order valence-corrected chi connectivity index (χ4v) is 2.10. The molecule has 0 aliphatic rings. The Morgan fingerprint density at radius 2 is 1.59 bits per heavy atom. The van der Waals surface area contributed by atoms with E-state index in [0.29, 0.717) is 9.99 Å². The molecule has 0 bridgehead atoms. The minimum Gasteiger partial charge on any atom is -0.399 e. The van der Waals surface area contributed by atoms with Crippen LogP contribution in [0.25, 0.3) is 0 Å². The van der Waals surface area contributed by atoms with E-state index in [4.69, 9.17) is 5.73 Å². The van der Waals surface area contributed by atoms with Crippen molar-refractivity contribution in [3.05, 3.63) is 24.3 Å². The molecule has 0 unspecified atom stereocenters. The van der Waals surface area contributed by atoms with Crippen molar-refractivity contribution >= 4 is 21.6 Å². The Morgan fingerprint density at radius 3 is 1.94 bits per heavy atom. The molecule has 6 heteroatoms. The van der Waals surface area contributed by atoms with Gasteiger partial charge in [-0.1, -0.05) is 13.8 Å². The maximum Gasteiger partial charge on any atom is 0.266 e. The Kier molecular flexibility index (Phi) is 5.67. The van der Waals surface area contributed by atoms with Crippen molar-refractivity contribution in [1.82, 2.24) is 4.31 Å². The number of carbonyl (C=O) groups is 1. The first kappa shape index (κ1) is 15.4. The molecule has 0 aromatic heterocycles. The van der Waals surface area contributed by atoms with E-state index < -0.39 is 15.9 Å². The highest BCUT2D eigenvalue weighted by Gasteiger charge is 2.22. The molecule has 17 heavy (non-hydrogen) atoms. The van der Waals surface area contributed by atoms with E-state index in [9.17, 15) is 13.2 Å². The SMILES string of the molecule is CC.CC(=O)N(C)S(=O)(=O)c1ccc(N)cc1. The molecule has 0 saturated carbocycles. The number of rotatable bonds is 2. The maximum absolute atomic E-state index is 11.7. The third-order valence-electron chi connectivity index (χ3n) is 1.98. The van der Waals surface area contributed by atoms with Gasteiger partial charge in [-0.3, -0.25) is 4.79 Å². The summed E-state index contributed by atoms with van der Waals surface area (Å²) in [4.78, 5) is 11.0. The highest BCUT2D eigenvalue weighted by Crippen LogP contribution is 2.15. The number of hydrogen-bond donors (Lipinski definition) is 1. The molecule has 0 aliphatic heterocycles. The molecule has 1 aromatic rings. The van der Waals surface area contributed by atoms with E-state index in [1.165, 1.54) is 38.2 Å². The lowest BCUT2D eigenvalue weighted by molar-refractivity contribution is -0.123. The quantitative estimate of drug-likeness (QED) is 0.814. The van der Waals surface area contributed by atoms with E-state index in [1.807, 2.05) is 13.8 Å². The Morgan fingerprint density at radius 1 is 1.18 bits per heavy atom. The molecule has 0 radical (unpaired) electrons. The zero-order valence-corrected chi connectivity index (χ0v) is 11.3. The summed E-state index contributed by atoms with van der Waals surface area (Å²) in [6.07, 6.45) is 0. The van der Waals surface area contributed by atoms with Crippen LogP contribution in [0.2, 0.25) is 0 Å². The fourth-order valence-electron chi connectivity index (χ4n) is 0.967. The summed E-state index contributed by atoms with van der Waals surface area (Å²) in [5.41, 5.74) is 5.90. The zero-order valence-electron chi connectivity index (χ0n) is 10.5. The normalized spacial score (nSPS) is 10.1. The topological polar surface area (TPSA) is 80.5 Å². The third kappa shape index (κ3) is 3.74. The highest BCUT2D eigenvalue weighted by molar-refractivity contribution is 7.89. The van der Waals surface area contributed by atoms with Crippen LogP contribution in [-0.4, -0.2) is 25.7 Å². The van der Waals surface area contributed by atoms with Crippen LogP contribution >= 0.6 is 0 Å². The van der Waals surface area contributed by atoms with Gasteiger partial charge in [0.25, 0.3) is 10.0 Å². The van der Waals surface area contributed by atoms with Crippen LogP contribution in [0.4, 0.5) is 5.69 Å². The van der Waals surface area contributed by atoms with Crippen molar-refractivity contribution in [1.29, 1.82) is 0 Å². The van der Waals surface area contributed by atoms with Crippen LogP contribution in [0.5, 0.6) is 0 Å². The van der Waals surface area contributed by atoms with Gasteiger partial charge in [0.2, 0.25) is 5.91 Å². The van der Waals surface area contributed by atoms with Gasteiger partial charge in [0.05, 0.1) is 4.90 Å². The first-order valence-electron chi connectivity index (χ1n) is 5.21. The molecule has 2 N–H and O–H groups in total. The molecule has 0 atom stereocenters. The van der Waals surface area contributed by atoms with Crippen LogP contribution in [0, 0.1) is 0 Å². The number of hydrogen-bond acceptors (Lipinski definition) is 4. The number of carbonyl (C=O) groups excluding carboxylic acids is 1. The smallest absolute Gasteiger partial charge is 0.266 e. The molecule has 1 rings (SSSR count). The maximum atomic E-state index is 11.7. The molecule has 0 aliphatic carbocycles. The van der Waals surface area contributed by atoms with Gasteiger partial charge in [0.15, 0.2) is 0 Å². The number of anilines is 1. The summed E-state index contributed by atoms with van der Waals surface area (Å²) in [6.45, 7) is 5.19. The largest absolute Gasteiger partial charge is 0.399 e. The summed E-state index contributed by atoms with van der Waals surface area (Å²) >= 11 is 0. The summed E-state index contributed by atoms with van der Waals surface area (Å²) in [5.74, 6) is -0.535. The molecule has 1 aromatic carbocycles. The minimum atomic E-state index is -3.73. The first-order chi connectivity index (χ1) is 7.85. The van der Waals surface area contributed by atoms with Crippen LogP contribution in [-0.2, 0) is 14.8 Å². The van der Waals surface area contributed by atoms with Crippen LogP contribution < -0.4 is 5.73 Å². The molecule has 1 amide bonds. The second-order valence-electron chi connectivity index (χ2n) is 3.06. The summed E-state index contributed by atoms with van der Waals surface area (Å²) in [7, 11) is -2.51. The van der Waals surface area contributed by atoms with Crippen LogP contribution in [0.15, 0.2) is 29.2 Å². The monoisotopic (exact) mass is 258 g/mol. The Hall–Kier alpha value is -1.56. The minimum absolute atomic E-state index is 0.0504. The average molecular weight is 258 g/mol. The van der Waals surface area contributed by atoms with Crippen molar-refractivity contribution in [2.75, 3.05) is 12.8 Å². The molecule has 96 valence electrons. The number of amides is 1. The van der Waals surface area contributed by atoms with Crippen LogP contribution in [0.3, 0.4) is 0 Å². The standard InChI is InChI=1S/C9H12N2O3S.C2H6/c1-7(12)11(2)15(13,14)9-5-3-8(10)4-6-9;1-2/h3-6H,10H2,1-2H3;1-2H3. The number of sulfonamides is 1. The van der Waals surface area contributed by atoms with E-state index in [0.717, 1.165) is 0 Å². The van der Waals surface area contributed by atoms with Crippen molar-refractivity contribution in [3.63, 3.8) is 0 Å². The summed E-state index contributed by atoms with van der Waals surface area (Å²) < 4.78 is 24.2. The Labute approximate surface area is 102 Å². The van der Waals surface area contributed by atoms with Gasteiger partial charge in [-0.2, -0.15) is 0 Å². The van der Waals surface area contributed by atoms with Crippen molar-refractivity contribution in [2.45, 2.75) is 25.7 Å².